The van der Waals surface area contributed by atoms with Crippen LogP contribution in [-0.2, 0) is 21.1 Å². The summed E-state index contributed by atoms with van der Waals surface area (Å²) < 4.78 is 24.2. The van der Waals surface area contributed by atoms with Crippen LogP contribution < -0.4 is 0 Å². The Balaban J connectivity index is 1.28. The Bertz CT molecular complexity index is 1710. The maximum atomic E-state index is 14.9. The summed E-state index contributed by atoms with van der Waals surface area (Å²) in [6, 6.07) is 17.9. The van der Waals surface area contributed by atoms with Crippen LogP contribution >= 0.6 is 0 Å². The molecule has 1 amide bonds. The topological polar surface area (TPSA) is 104 Å². The number of hydrogen-bond donors (Lipinski definition) is 0. The number of carbonyl (C=O) groups excluding carboxylic acids is 2. The van der Waals surface area contributed by atoms with Crippen LogP contribution in [0, 0.1) is 29.0 Å². The van der Waals surface area contributed by atoms with Crippen LogP contribution in [0.1, 0.15) is 38.2 Å². The van der Waals surface area contributed by atoms with E-state index in [1.807, 2.05) is 54.1 Å². The molecule has 4 aromatic rings. The summed E-state index contributed by atoms with van der Waals surface area (Å²) in [7, 11) is 1.91. The van der Waals surface area contributed by atoms with E-state index in [1.54, 1.807) is 34.7 Å². The molecule has 0 bridgehead atoms. The number of carbonyl (C=O) groups is 2. The molecule has 0 N–H and O–H groups in total. The molecule has 0 aliphatic carbocycles. The Morgan fingerprint density at radius 2 is 2.00 bits per heavy atom. The summed E-state index contributed by atoms with van der Waals surface area (Å²) in [6.45, 7) is 5.00. The van der Waals surface area contributed by atoms with Gasteiger partial charge in [-0.1, -0.05) is 49.4 Å². The molecule has 0 saturated carbocycles. The van der Waals surface area contributed by atoms with Gasteiger partial charge in [-0.15, -0.1) is 0 Å². The first-order chi connectivity index (χ1) is 20.8. The molecule has 1 aliphatic rings. The van der Waals surface area contributed by atoms with Crippen LogP contribution in [-0.4, -0.2) is 62.2 Å². The summed E-state index contributed by atoms with van der Waals surface area (Å²) in [5.74, 6) is -0.531. The maximum Gasteiger partial charge on any atom is 0.335 e. The standard InChI is InChI=1S/C33H34FN6O3/c1-22-12-15-39(30(41)11-14-35)19-26(22)18-38(3)31-28-13-16-40(32(28)37-20-36-31)21-43-33(42)23(2)25-9-10-27(29(34)17-25)24-7-5-4-6-8-24/h4-10,13,16-18,20,22-23,26H,11-12,15,19,21H2,1-3H3/q+1/t22-,23?,26?/m1/s1. The molecule has 0 spiro atoms. The van der Waals surface area contributed by atoms with Crippen molar-refractivity contribution in [2.45, 2.75) is 39.3 Å². The predicted octanol–water partition coefficient (Wildman–Crippen LogP) is 5.28. The van der Waals surface area contributed by atoms with Gasteiger partial charge in [0.25, 0.3) is 0 Å². The number of benzene rings is 2. The van der Waals surface area contributed by atoms with Crippen LogP contribution in [0.25, 0.3) is 22.2 Å². The van der Waals surface area contributed by atoms with E-state index >= 15 is 0 Å². The molecule has 5 rings (SSSR count). The first-order valence-corrected chi connectivity index (χ1v) is 14.3. The molecule has 2 unspecified atom stereocenters. The lowest BCUT2D eigenvalue weighted by atomic mass is 9.87. The molecule has 1 saturated heterocycles. The number of hydrogen-bond acceptors (Lipinski definition) is 6. The minimum absolute atomic E-state index is 0.0588. The highest BCUT2D eigenvalue weighted by Gasteiger charge is 2.30. The molecule has 2 aromatic carbocycles. The van der Waals surface area contributed by atoms with Gasteiger partial charge < -0.3 is 9.64 Å². The van der Waals surface area contributed by atoms with E-state index in [4.69, 9.17) is 10.00 Å². The number of nitrogens with zero attached hydrogens (tertiary/aromatic N) is 6. The van der Waals surface area contributed by atoms with E-state index in [2.05, 4.69) is 23.1 Å². The lowest BCUT2D eigenvalue weighted by Gasteiger charge is -2.34. The van der Waals surface area contributed by atoms with E-state index in [9.17, 15) is 14.0 Å². The number of nitriles is 1. The zero-order valence-corrected chi connectivity index (χ0v) is 24.5. The lowest BCUT2D eigenvalue weighted by Crippen LogP contribution is -2.44. The number of aromatic nitrogens is 3. The van der Waals surface area contributed by atoms with Crippen LogP contribution in [0.4, 0.5) is 10.2 Å². The highest BCUT2D eigenvalue weighted by Crippen LogP contribution is 2.28. The second kappa shape index (κ2) is 12.9. The van der Waals surface area contributed by atoms with Crippen molar-refractivity contribution in [1.82, 2.24) is 19.4 Å². The Hall–Kier alpha value is -4.91. The fourth-order valence-corrected chi connectivity index (χ4v) is 5.48. The van der Waals surface area contributed by atoms with Gasteiger partial charge in [0.15, 0.2) is 12.4 Å². The molecule has 3 atom stereocenters. The Morgan fingerprint density at radius 1 is 1.21 bits per heavy atom. The monoisotopic (exact) mass is 581 g/mol. The summed E-state index contributed by atoms with van der Waals surface area (Å²) >= 11 is 0. The highest BCUT2D eigenvalue weighted by molar-refractivity contribution is 5.85. The van der Waals surface area contributed by atoms with Crippen molar-refractivity contribution in [3.05, 3.63) is 78.5 Å². The van der Waals surface area contributed by atoms with Gasteiger partial charge in [-0.25, -0.2) is 8.97 Å². The van der Waals surface area contributed by atoms with Gasteiger partial charge in [-0.2, -0.15) is 10.2 Å². The van der Waals surface area contributed by atoms with Gasteiger partial charge in [-0.3, -0.25) is 14.2 Å². The van der Waals surface area contributed by atoms with Crippen molar-refractivity contribution in [2.24, 2.45) is 11.8 Å². The number of piperidine rings is 1. The molecule has 1 aliphatic heterocycles. The van der Waals surface area contributed by atoms with E-state index in [-0.39, 0.29) is 25.0 Å². The van der Waals surface area contributed by atoms with Crippen molar-refractivity contribution >= 4 is 34.9 Å². The second-order valence-electron chi connectivity index (χ2n) is 11.0. The molecule has 10 heteroatoms. The second-order valence-corrected chi connectivity index (χ2v) is 11.0. The molecule has 220 valence electrons. The van der Waals surface area contributed by atoms with Crippen molar-refractivity contribution in [3.63, 3.8) is 0 Å². The normalized spacial score (nSPS) is 17.8. The molecular weight excluding hydrogens is 547 g/mol. The zero-order chi connectivity index (χ0) is 30.5. The van der Waals surface area contributed by atoms with Crippen molar-refractivity contribution in [1.29, 1.82) is 5.26 Å². The lowest BCUT2D eigenvalue weighted by molar-refractivity contribution is -0.405. The third-order valence-corrected chi connectivity index (χ3v) is 8.16. The smallest absolute Gasteiger partial charge is 0.335 e. The number of likely N-dealkylation sites (tertiary alicyclic amines) is 1. The zero-order valence-electron chi connectivity index (χ0n) is 24.5. The number of fused-ring (bicyclic) bond motifs is 1. The number of amides is 1. The third kappa shape index (κ3) is 6.46. The van der Waals surface area contributed by atoms with Crippen LogP contribution in [0.3, 0.4) is 0 Å². The van der Waals surface area contributed by atoms with Crippen LogP contribution in [0.15, 0.2) is 67.1 Å². The molecule has 1 fully saturated rings. The number of esters is 1. The maximum absolute atomic E-state index is 14.9. The van der Waals surface area contributed by atoms with Gasteiger partial charge in [0, 0.05) is 30.8 Å². The van der Waals surface area contributed by atoms with Gasteiger partial charge in [-0.05, 0) is 47.5 Å². The average molecular weight is 582 g/mol. The highest BCUT2D eigenvalue weighted by atomic mass is 19.1. The van der Waals surface area contributed by atoms with Crippen LogP contribution in [0.5, 0.6) is 0 Å². The molecule has 0 radical (unpaired) electrons. The fourth-order valence-electron chi connectivity index (χ4n) is 5.48. The fraction of sp³-hybridized carbons (Fsp3) is 0.333. The number of halogens is 1. The first-order valence-electron chi connectivity index (χ1n) is 14.3. The quantitative estimate of drug-likeness (QED) is 0.159. The van der Waals surface area contributed by atoms with E-state index in [0.29, 0.717) is 41.6 Å². The summed E-state index contributed by atoms with van der Waals surface area (Å²) in [4.78, 5) is 35.9. The average Bonchev–Trinajstić information content (AvgIpc) is 3.44. The van der Waals surface area contributed by atoms with Gasteiger partial charge in [0.2, 0.25) is 12.2 Å². The first kappa shape index (κ1) is 29.6. The van der Waals surface area contributed by atoms with Gasteiger partial charge in [0.05, 0.1) is 25.2 Å². The Labute approximate surface area is 249 Å². The van der Waals surface area contributed by atoms with Crippen molar-refractivity contribution < 1.29 is 23.3 Å². The Morgan fingerprint density at radius 3 is 2.74 bits per heavy atom. The van der Waals surface area contributed by atoms with Crippen molar-refractivity contribution in [3.8, 4) is 17.2 Å². The predicted molar refractivity (Wildman–Crippen MR) is 160 cm³/mol. The van der Waals surface area contributed by atoms with Crippen LogP contribution in [0.2, 0.25) is 0 Å². The summed E-state index contributed by atoms with van der Waals surface area (Å²) in [5, 5.41) is 9.70. The molecule has 9 nitrogen and oxygen atoms in total. The van der Waals surface area contributed by atoms with E-state index in [0.717, 1.165) is 17.4 Å². The third-order valence-electron chi connectivity index (χ3n) is 8.16. The molecule has 43 heavy (non-hydrogen) atoms. The number of rotatable bonds is 8. The molecule has 3 heterocycles. The molecule has 2 aromatic heterocycles. The summed E-state index contributed by atoms with van der Waals surface area (Å²) in [5.41, 5.74) is 2.38. The van der Waals surface area contributed by atoms with Crippen molar-refractivity contribution in [2.75, 3.05) is 20.1 Å². The van der Waals surface area contributed by atoms with E-state index < -0.39 is 17.7 Å². The van der Waals surface area contributed by atoms with Gasteiger partial charge in [0.1, 0.15) is 17.6 Å². The van der Waals surface area contributed by atoms with Gasteiger partial charge >= 0.3 is 11.8 Å². The SMILES string of the molecule is CC(C(=O)OCn1ccc2c([N+](C)=CC3CN(C(=O)CC#N)CC[C@H]3C)ncnc21)c1ccc(-c2ccccc2)c(F)c1. The number of ether oxygens (including phenoxy) is 1. The minimum atomic E-state index is -0.663. The largest absolute Gasteiger partial charge is 0.443 e. The van der Waals surface area contributed by atoms with E-state index in [1.165, 1.54) is 12.4 Å². The minimum Gasteiger partial charge on any atom is -0.443 e. The molecular formula is C33H34FN6O3+. The Kier molecular flexibility index (Phi) is 8.90. The summed E-state index contributed by atoms with van der Waals surface area (Å²) in [6.07, 6.45) is 6.06.